The first-order valence-corrected chi connectivity index (χ1v) is 6.91. The van der Waals surface area contributed by atoms with Crippen molar-refractivity contribution in [2.75, 3.05) is 38.1 Å². The molecule has 1 aliphatic heterocycles. The summed E-state index contributed by atoms with van der Waals surface area (Å²) in [6.45, 7) is 7.88. The molecule has 2 heterocycles. The van der Waals surface area contributed by atoms with Crippen molar-refractivity contribution < 1.29 is 4.79 Å². The zero-order valence-corrected chi connectivity index (χ0v) is 12.6. The van der Waals surface area contributed by atoms with E-state index < -0.39 is 0 Å². The van der Waals surface area contributed by atoms with Gasteiger partial charge in [0.2, 0.25) is 0 Å². The number of hydrogen-bond acceptors (Lipinski definition) is 4. The van der Waals surface area contributed by atoms with Crippen LogP contribution in [-0.2, 0) is 4.79 Å². The number of pyridine rings is 1. The third-order valence-corrected chi connectivity index (χ3v) is 3.11. The molecule has 0 saturated carbocycles. The quantitative estimate of drug-likeness (QED) is 0.781. The summed E-state index contributed by atoms with van der Waals surface area (Å²) in [5.74, 6) is 1.12. The van der Waals surface area contributed by atoms with E-state index in [1.807, 2.05) is 26.0 Å². The maximum Gasteiger partial charge on any atom is 0.147 e. The number of likely N-dealkylation sites (N-methyl/N-ethyl adjacent to an activating group) is 1. The van der Waals surface area contributed by atoms with Crippen molar-refractivity contribution in [3.63, 3.8) is 0 Å². The topological polar surface area (TPSA) is 36.4 Å². The molecule has 0 unspecified atom stereocenters. The fourth-order valence-electron chi connectivity index (χ4n) is 1.63. The molecule has 1 saturated heterocycles. The number of anilines is 1. The fraction of sp³-hybridized carbons (Fsp3) is 0.571. The fourth-order valence-corrected chi connectivity index (χ4v) is 1.87. The lowest BCUT2D eigenvalue weighted by atomic mass is 10.3. The third kappa shape index (κ3) is 5.57. The Labute approximate surface area is 120 Å². The van der Waals surface area contributed by atoms with Gasteiger partial charge >= 0.3 is 0 Å². The number of piperazine rings is 1. The van der Waals surface area contributed by atoms with Gasteiger partial charge in [0, 0.05) is 38.3 Å². The van der Waals surface area contributed by atoms with E-state index in [0.717, 1.165) is 43.3 Å². The molecule has 5 heteroatoms. The van der Waals surface area contributed by atoms with Gasteiger partial charge in [-0.25, -0.2) is 4.98 Å². The maximum absolute atomic E-state index is 9.50. The molecule has 0 atom stereocenters. The van der Waals surface area contributed by atoms with Gasteiger partial charge in [-0.3, -0.25) is 0 Å². The molecule has 0 N–H and O–H groups in total. The number of hydrogen-bond donors (Lipinski definition) is 0. The SMILES string of the molecule is CC(C)C=O.CN1CCN(c2ncccc2Cl)CC1. The van der Waals surface area contributed by atoms with Crippen LogP contribution >= 0.6 is 11.6 Å². The van der Waals surface area contributed by atoms with Gasteiger partial charge in [0.25, 0.3) is 0 Å². The van der Waals surface area contributed by atoms with Crippen LogP contribution in [0.15, 0.2) is 18.3 Å². The number of aromatic nitrogens is 1. The van der Waals surface area contributed by atoms with Crippen LogP contribution in [-0.4, -0.2) is 49.4 Å². The second-order valence-corrected chi connectivity index (χ2v) is 5.39. The van der Waals surface area contributed by atoms with Crippen LogP contribution in [0.2, 0.25) is 5.02 Å². The molecule has 4 nitrogen and oxygen atoms in total. The number of carbonyl (C=O) groups is 1. The van der Waals surface area contributed by atoms with Gasteiger partial charge in [-0.2, -0.15) is 0 Å². The average Bonchev–Trinajstić information content (AvgIpc) is 2.41. The van der Waals surface area contributed by atoms with Gasteiger partial charge in [0.05, 0.1) is 5.02 Å². The van der Waals surface area contributed by atoms with E-state index in [9.17, 15) is 4.79 Å². The molecule has 106 valence electrons. The van der Waals surface area contributed by atoms with Crippen molar-refractivity contribution in [2.24, 2.45) is 5.92 Å². The summed E-state index contributed by atoms with van der Waals surface area (Å²) in [5.41, 5.74) is 0. The maximum atomic E-state index is 9.50. The summed E-state index contributed by atoms with van der Waals surface area (Å²) >= 11 is 6.08. The average molecular weight is 284 g/mol. The monoisotopic (exact) mass is 283 g/mol. The first-order valence-electron chi connectivity index (χ1n) is 6.54. The lowest BCUT2D eigenvalue weighted by Crippen LogP contribution is -2.44. The molecule has 1 fully saturated rings. The van der Waals surface area contributed by atoms with Gasteiger partial charge < -0.3 is 14.6 Å². The minimum absolute atomic E-state index is 0.204. The number of halogens is 1. The molecule has 1 aromatic rings. The zero-order valence-electron chi connectivity index (χ0n) is 11.8. The lowest BCUT2D eigenvalue weighted by molar-refractivity contribution is -0.110. The van der Waals surface area contributed by atoms with Gasteiger partial charge in [-0.1, -0.05) is 25.4 Å². The summed E-state index contributed by atoms with van der Waals surface area (Å²) in [4.78, 5) is 18.4. The molecule has 0 spiro atoms. The molecule has 0 radical (unpaired) electrons. The molecule has 19 heavy (non-hydrogen) atoms. The van der Waals surface area contributed by atoms with Crippen LogP contribution in [0.25, 0.3) is 0 Å². The second kappa shape index (κ2) is 8.12. The highest BCUT2D eigenvalue weighted by Gasteiger charge is 2.16. The molecule has 0 aromatic carbocycles. The zero-order chi connectivity index (χ0) is 14.3. The van der Waals surface area contributed by atoms with Crippen molar-refractivity contribution in [3.8, 4) is 0 Å². The summed E-state index contributed by atoms with van der Waals surface area (Å²) in [5, 5.41) is 0.747. The van der Waals surface area contributed by atoms with E-state index in [-0.39, 0.29) is 5.92 Å². The van der Waals surface area contributed by atoms with Crippen molar-refractivity contribution in [3.05, 3.63) is 23.4 Å². The van der Waals surface area contributed by atoms with Crippen molar-refractivity contribution >= 4 is 23.7 Å². The minimum Gasteiger partial charge on any atom is -0.353 e. The third-order valence-electron chi connectivity index (χ3n) is 2.81. The molecular weight excluding hydrogens is 262 g/mol. The van der Waals surface area contributed by atoms with Crippen molar-refractivity contribution in [2.45, 2.75) is 13.8 Å². The highest BCUT2D eigenvalue weighted by atomic mass is 35.5. The summed E-state index contributed by atoms with van der Waals surface area (Å²) in [6.07, 6.45) is 2.71. The summed E-state index contributed by atoms with van der Waals surface area (Å²) < 4.78 is 0. The minimum atomic E-state index is 0.204. The van der Waals surface area contributed by atoms with Gasteiger partial charge in [-0.15, -0.1) is 0 Å². The highest BCUT2D eigenvalue weighted by molar-refractivity contribution is 6.32. The second-order valence-electron chi connectivity index (χ2n) is 4.98. The van der Waals surface area contributed by atoms with Gasteiger partial charge in [-0.05, 0) is 19.2 Å². The first-order chi connectivity index (χ1) is 9.04. The normalized spacial score (nSPS) is 15.9. The number of nitrogens with zero attached hydrogens (tertiary/aromatic N) is 3. The van der Waals surface area contributed by atoms with Crippen LogP contribution in [0, 0.1) is 5.92 Å². The van der Waals surface area contributed by atoms with Crippen LogP contribution in [0.5, 0.6) is 0 Å². The Bertz CT molecular complexity index is 390. The molecule has 1 aromatic heterocycles. The standard InChI is InChI=1S/C10H14ClN3.C4H8O/c1-13-5-7-14(8-6-13)10-9(11)3-2-4-12-10;1-4(2)3-5/h2-4H,5-8H2,1H3;3-4H,1-2H3. The Balaban J connectivity index is 0.000000312. The van der Waals surface area contributed by atoms with Gasteiger partial charge in [0.15, 0.2) is 0 Å². The van der Waals surface area contributed by atoms with Crippen LogP contribution < -0.4 is 4.90 Å². The number of rotatable bonds is 2. The number of aldehydes is 1. The predicted molar refractivity (Wildman–Crippen MR) is 79.9 cm³/mol. The van der Waals surface area contributed by atoms with Crippen molar-refractivity contribution in [1.82, 2.24) is 9.88 Å². The Hall–Kier alpha value is -1.13. The van der Waals surface area contributed by atoms with E-state index in [2.05, 4.69) is 21.8 Å². The highest BCUT2D eigenvalue weighted by Crippen LogP contribution is 2.22. The number of carbonyl (C=O) groups excluding carboxylic acids is 1. The molecule has 0 aliphatic carbocycles. The Morgan fingerprint density at radius 2 is 1.89 bits per heavy atom. The lowest BCUT2D eigenvalue weighted by Gasteiger charge is -2.33. The Kier molecular flexibility index (Phi) is 6.81. The first kappa shape index (κ1) is 15.9. The van der Waals surface area contributed by atoms with Crippen LogP contribution in [0.4, 0.5) is 5.82 Å². The predicted octanol–water partition coefficient (Wildman–Crippen LogP) is 2.33. The smallest absolute Gasteiger partial charge is 0.147 e. The van der Waals surface area contributed by atoms with E-state index in [1.54, 1.807) is 6.20 Å². The molecule has 0 bridgehead atoms. The van der Waals surface area contributed by atoms with E-state index in [4.69, 9.17) is 11.6 Å². The molecule has 0 amide bonds. The summed E-state index contributed by atoms with van der Waals surface area (Å²) in [7, 11) is 2.14. The molecule has 1 aliphatic rings. The summed E-state index contributed by atoms with van der Waals surface area (Å²) in [6, 6.07) is 3.75. The van der Waals surface area contributed by atoms with Crippen LogP contribution in [0.3, 0.4) is 0 Å². The molecule has 2 rings (SSSR count). The van der Waals surface area contributed by atoms with Crippen LogP contribution in [0.1, 0.15) is 13.8 Å². The van der Waals surface area contributed by atoms with Gasteiger partial charge in [0.1, 0.15) is 12.1 Å². The Morgan fingerprint density at radius 3 is 2.37 bits per heavy atom. The van der Waals surface area contributed by atoms with E-state index in [0.29, 0.717) is 0 Å². The van der Waals surface area contributed by atoms with E-state index >= 15 is 0 Å². The Morgan fingerprint density at radius 1 is 1.32 bits per heavy atom. The van der Waals surface area contributed by atoms with E-state index in [1.165, 1.54) is 0 Å². The molecular formula is C14H22ClN3O. The largest absolute Gasteiger partial charge is 0.353 e. The van der Waals surface area contributed by atoms with Crippen molar-refractivity contribution in [1.29, 1.82) is 0 Å².